The number of primary amides is 1. The zero-order chi connectivity index (χ0) is 11.1. The molecule has 0 bridgehead atoms. The molecule has 1 amide bonds. The molecule has 0 aromatic heterocycles. The van der Waals surface area contributed by atoms with Crippen molar-refractivity contribution in [2.45, 2.75) is 19.3 Å². The third-order valence-electron chi connectivity index (χ3n) is 2.66. The lowest BCUT2D eigenvalue weighted by Gasteiger charge is -2.26. The monoisotopic (exact) mass is 212 g/mol. The summed E-state index contributed by atoms with van der Waals surface area (Å²) in [4.78, 5) is 13.1. The Hall–Kier alpha value is -0.870. The summed E-state index contributed by atoms with van der Waals surface area (Å²) in [6, 6.07) is 0. The van der Waals surface area contributed by atoms with Gasteiger partial charge in [0.15, 0.2) is 0 Å². The van der Waals surface area contributed by atoms with Gasteiger partial charge in [0.2, 0.25) is 5.91 Å². The summed E-state index contributed by atoms with van der Waals surface area (Å²) >= 11 is 0. The second-order valence-corrected chi connectivity index (χ2v) is 3.88. The molecule has 0 unspecified atom stereocenters. The van der Waals surface area contributed by atoms with E-state index in [0.717, 1.165) is 52.1 Å². The maximum absolute atomic E-state index is 10.7. The van der Waals surface area contributed by atoms with Crippen LogP contribution in [0, 0.1) is 0 Å². The van der Waals surface area contributed by atoms with Gasteiger partial charge in [0.25, 0.3) is 0 Å². The first kappa shape index (κ1) is 12.2. The van der Waals surface area contributed by atoms with Crippen LogP contribution < -0.4 is 5.73 Å². The molecule has 0 saturated carbocycles. The number of nitrogens with zero attached hydrogens (tertiary/aromatic N) is 1. The number of carbonyl (C=O) groups is 1. The largest absolute Gasteiger partial charge is 0.379 e. The maximum Gasteiger partial charge on any atom is 0.244 e. The topological polar surface area (TPSA) is 55.6 Å². The van der Waals surface area contributed by atoms with Gasteiger partial charge in [-0.1, -0.05) is 6.58 Å². The SMILES string of the molecule is C=C(CCCCN1CCOCC1)C(N)=O. The van der Waals surface area contributed by atoms with E-state index in [-0.39, 0.29) is 5.91 Å². The minimum atomic E-state index is -0.374. The molecule has 0 radical (unpaired) electrons. The molecule has 1 heterocycles. The minimum absolute atomic E-state index is 0.374. The van der Waals surface area contributed by atoms with E-state index in [2.05, 4.69) is 11.5 Å². The molecular weight excluding hydrogens is 192 g/mol. The third-order valence-corrected chi connectivity index (χ3v) is 2.66. The fraction of sp³-hybridized carbons (Fsp3) is 0.727. The van der Waals surface area contributed by atoms with Crippen molar-refractivity contribution in [2.75, 3.05) is 32.8 Å². The van der Waals surface area contributed by atoms with E-state index in [9.17, 15) is 4.79 Å². The number of nitrogens with two attached hydrogens (primary N) is 1. The van der Waals surface area contributed by atoms with Crippen molar-refractivity contribution in [1.29, 1.82) is 0 Å². The Morgan fingerprint density at radius 2 is 2.00 bits per heavy atom. The highest BCUT2D eigenvalue weighted by atomic mass is 16.5. The molecule has 1 aliphatic rings. The van der Waals surface area contributed by atoms with Gasteiger partial charge in [0.1, 0.15) is 0 Å². The Balaban J connectivity index is 2.01. The zero-order valence-electron chi connectivity index (χ0n) is 9.21. The molecule has 1 saturated heterocycles. The number of morpholine rings is 1. The molecule has 1 rings (SSSR count). The molecule has 86 valence electrons. The molecule has 0 aromatic rings. The number of carbonyl (C=O) groups excluding carboxylic acids is 1. The minimum Gasteiger partial charge on any atom is -0.379 e. The van der Waals surface area contributed by atoms with Gasteiger partial charge in [-0.25, -0.2) is 0 Å². The van der Waals surface area contributed by atoms with Gasteiger partial charge in [-0.2, -0.15) is 0 Å². The second-order valence-electron chi connectivity index (χ2n) is 3.88. The Morgan fingerprint density at radius 1 is 1.33 bits per heavy atom. The lowest BCUT2D eigenvalue weighted by Crippen LogP contribution is -2.36. The Morgan fingerprint density at radius 3 is 2.60 bits per heavy atom. The number of unbranched alkanes of at least 4 members (excludes halogenated alkanes) is 1. The van der Waals surface area contributed by atoms with Crippen LogP contribution in [0.5, 0.6) is 0 Å². The van der Waals surface area contributed by atoms with E-state index in [4.69, 9.17) is 10.5 Å². The van der Waals surface area contributed by atoms with Gasteiger partial charge in [0.05, 0.1) is 13.2 Å². The van der Waals surface area contributed by atoms with Gasteiger partial charge in [-0.15, -0.1) is 0 Å². The van der Waals surface area contributed by atoms with Gasteiger partial charge < -0.3 is 10.5 Å². The zero-order valence-corrected chi connectivity index (χ0v) is 9.21. The highest BCUT2D eigenvalue weighted by Crippen LogP contribution is 2.06. The highest BCUT2D eigenvalue weighted by Gasteiger charge is 2.09. The fourth-order valence-electron chi connectivity index (χ4n) is 1.62. The van der Waals surface area contributed by atoms with Crippen molar-refractivity contribution < 1.29 is 9.53 Å². The fourth-order valence-corrected chi connectivity index (χ4v) is 1.62. The standard InChI is InChI=1S/C11H20N2O2/c1-10(11(12)14)4-2-3-5-13-6-8-15-9-7-13/h1-9H2,(H2,12,14). The smallest absolute Gasteiger partial charge is 0.244 e. The summed E-state index contributed by atoms with van der Waals surface area (Å²) in [5.41, 5.74) is 5.63. The van der Waals surface area contributed by atoms with E-state index in [1.807, 2.05) is 0 Å². The Labute approximate surface area is 91.1 Å². The van der Waals surface area contributed by atoms with Gasteiger partial charge in [0, 0.05) is 18.7 Å². The van der Waals surface area contributed by atoms with E-state index in [1.54, 1.807) is 0 Å². The third kappa shape index (κ3) is 4.95. The average Bonchev–Trinajstić information content (AvgIpc) is 2.25. The summed E-state index contributed by atoms with van der Waals surface area (Å²) in [5.74, 6) is -0.374. The highest BCUT2D eigenvalue weighted by molar-refractivity contribution is 5.91. The number of amides is 1. The molecule has 2 N–H and O–H groups in total. The number of hydrogen-bond acceptors (Lipinski definition) is 3. The Bertz CT molecular complexity index is 223. The summed E-state index contributed by atoms with van der Waals surface area (Å²) in [5, 5.41) is 0. The predicted octanol–water partition coefficient (Wildman–Crippen LogP) is 0.530. The molecule has 0 aromatic carbocycles. The summed E-state index contributed by atoms with van der Waals surface area (Å²) < 4.78 is 5.26. The van der Waals surface area contributed by atoms with Gasteiger partial charge in [-0.3, -0.25) is 9.69 Å². The number of ether oxygens (including phenoxy) is 1. The van der Waals surface area contributed by atoms with Crippen LogP contribution >= 0.6 is 0 Å². The summed E-state index contributed by atoms with van der Waals surface area (Å²) in [7, 11) is 0. The lowest BCUT2D eigenvalue weighted by molar-refractivity contribution is -0.114. The van der Waals surface area contributed by atoms with E-state index in [1.165, 1.54) is 0 Å². The van der Waals surface area contributed by atoms with E-state index in [0.29, 0.717) is 5.57 Å². The maximum atomic E-state index is 10.7. The van der Waals surface area contributed by atoms with Crippen LogP contribution in [-0.2, 0) is 9.53 Å². The van der Waals surface area contributed by atoms with Crippen LogP contribution in [0.3, 0.4) is 0 Å². The van der Waals surface area contributed by atoms with Crippen molar-refractivity contribution in [1.82, 2.24) is 4.90 Å². The second kappa shape index (κ2) is 6.58. The number of rotatable bonds is 6. The summed E-state index contributed by atoms with van der Waals surface area (Å²) in [6.07, 6.45) is 2.80. The van der Waals surface area contributed by atoms with Crippen molar-refractivity contribution in [3.63, 3.8) is 0 Å². The van der Waals surface area contributed by atoms with Crippen molar-refractivity contribution in [3.05, 3.63) is 12.2 Å². The molecule has 1 fully saturated rings. The van der Waals surface area contributed by atoms with Crippen LogP contribution in [0.15, 0.2) is 12.2 Å². The first-order chi connectivity index (χ1) is 7.20. The molecule has 4 heteroatoms. The molecule has 15 heavy (non-hydrogen) atoms. The molecule has 4 nitrogen and oxygen atoms in total. The normalized spacial score (nSPS) is 17.6. The van der Waals surface area contributed by atoms with E-state index >= 15 is 0 Å². The molecule has 0 aliphatic carbocycles. The van der Waals surface area contributed by atoms with Crippen LogP contribution in [0.25, 0.3) is 0 Å². The van der Waals surface area contributed by atoms with Crippen molar-refractivity contribution in [3.8, 4) is 0 Å². The van der Waals surface area contributed by atoms with Gasteiger partial charge >= 0.3 is 0 Å². The quantitative estimate of drug-likeness (QED) is 0.516. The van der Waals surface area contributed by atoms with Crippen molar-refractivity contribution in [2.24, 2.45) is 5.73 Å². The van der Waals surface area contributed by atoms with Crippen LogP contribution in [0.1, 0.15) is 19.3 Å². The molecule has 1 aliphatic heterocycles. The summed E-state index contributed by atoms with van der Waals surface area (Å²) in [6.45, 7) is 8.44. The molecular formula is C11H20N2O2. The predicted molar refractivity (Wildman–Crippen MR) is 59.4 cm³/mol. The first-order valence-electron chi connectivity index (χ1n) is 5.48. The van der Waals surface area contributed by atoms with Gasteiger partial charge in [-0.05, 0) is 25.8 Å². The number of hydrogen-bond donors (Lipinski definition) is 1. The van der Waals surface area contributed by atoms with Crippen LogP contribution in [0.4, 0.5) is 0 Å². The average molecular weight is 212 g/mol. The Kier molecular flexibility index (Phi) is 5.36. The molecule has 0 spiro atoms. The lowest BCUT2D eigenvalue weighted by atomic mass is 10.1. The van der Waals surface area contributed by atoms with Crippen LogP contribution in [0.2, 0.25) is 0 Å². The van der Waals surface area contributed by atoms with E-state index < -0.39 is 0 Å². The first-order valence-corrected chi connectivity index (χ1v) is 5.48. The van der Waals surface area contributed by atoms with Crippen molar-refractivity contribution >= 4 is 5.91 Å². The van der Waals surface area contributed by atoms with Crippen LogP contribution in [-0.4, -0.2) is 43.7 Å². The molecule has 0 atom stereocenters.